The second-order valence-electron chi connectivity index (χ2n) is 10.1. The van der Waals surface area contributed by atoms with Crippen molar-refractivity contribution in [3.05, 3.63) is 54.1 Å². The molecule has 214 valence electrons. The molecule has 7 nitrogen and oxygen atoms in total. The van der Waals surface area contributed by atoms with Gasteiger partial charge in [0.2, 0.25) is 0 Å². The van der Waals surface area contributed by atoms with Crippen LogP contribution in [0.5, 0.6) is 0 Å². The fourth-order valence-corrected chi connectivity index (χ4v) is 5.42. The molecule has 0 spiro atoms. The molecule has 1 aliphatic rings. The smallest absolute Gasteiger partial charge is 0.305 e. The Balaban J connectivity index is 1.98. The zero-order chi connectivity index (χ0) is 28.0. The summed E-state index contributed by atoms with van der Waals surface area (Å²) in [5.74, 6) is -0.978. The fraction of sp³-hybridized carbons (Fsp3) is 0.633. The molecule has 38 heavy (non-hydrogen) atoms. The van der Waals surface area contributed by atoms with Gasteiger partial charge in [0.05, 0.1) is 11.5 Å². The van der Waals surface area contributed by atoms with Crippen molar-refractivity contribution in [1.82, 2.24) is 0 Å². The molecule has 0 N–H and O–H groups in total. The first-order valence-electron chi connectivity index (χ1n) is 13.9. The Labute approximate surface area is 229 Å². The third-order valence-electron chi connectivity index (χ3n) is 6.24. The molecule has 1 heterocycles. The van der Waals surface area contributed by atoms with Crippen LogP contribution in [0.2, 0.25) is 0 Å². The SMILES string of the molecule is CC/C=C\C[C@@H](OS(=O)(=O)c1ccc(C)cc1)[C@H]1OC(C)(C)O[C@@H]1/C=C\CCCCCCCC(=O)OCC. The van der Waals surface area contributed by atoms with Gasteiger partial charge >= 0.3 is 5.97 Å². The molecule has 1 fully saturated rings. The van der Waals surface area contributed by atoms with Gasteiger partial charge in [-0.2, -0.15) is 8.42 Å². The van der Waals surface area contributed by atoms with E-state index in [-0.39, 0.29) is 10.9 Å². The number of ether oxygens (including phenoxy) is 3. The third kappa shape index (κ3) is 11.4. The van der Waals surface area contributed by atoms with Crippen molar-refractivity contribution < 1.29 is 31.6 Å². The van der Waals surface area contributed by atoms with E-state index in [2.05, 4.69) is 6.08 Å². The fourth-order valence-electron chi connectivity index (χ4n) is 4.33. The number of unbranched alkanes of at least 4 members (excludes halogenated alkanes) is 5. The molecule has 8 heteroatoms. The Morgan fingerprint density at radius 3 is 2.37 bits per heavy atom. The molecule has 0 amide bonds. The van der Waals surface area contributed by atoms with Crippen LogP contribution in [-0.4, -0.2) is 45.1 Å². The van der Waals surface area contributed by atoms with Crippen molar-refractivity contribution in [3.63, 3.8) is 0 Å². The van der Waals surface area contributed by atoms with E-state index in [1.807, 2.05) is 52.8 Å². The summed E-state index contributed by atoms with van der Waals surface area (Å²) in [5.41, 5.74) is 0.975. The Bertz CT molecular complexity index is 996. The zero-order valence-electron chi connectivity index (χ0n) is 23.7. The number of rotatable bonds is 17. The molecule has 1 aromatic carbocycles. The molecule has 1 aliphatic heterocycles. The second kappa shape index (κ2) is 16.2. The minimum Gasteiger partial charge on any atom is -0.466 e. The highest BCUT2D eigenvalue weighted by Crippen LogP contribution is 2.34. The van der Waals surface area contributed by atoms with Gasteiger partial charge < -0.3 is 14.2 Å². The Morgan fingerprint density at radius 1 is 1.00 bits per heavy atom. The highest BCUT2D eigenvalue weighted by atomic mass is 32.2. The molecule has 1 saturated heterocycles. The summed E-state index contributed by atoms with van der Waals surface area (Å²) in [4.78, 5) is 11.5. The molecule has 0 aromatic heterocycles. The lowest BCUT2D eigenvalue weighted by Crippen LogP contribution is -2.38. The molecule has 0 aliphatic carbocycles. The average molecular weight is 551 g/mol. The van der Waals surface area contributed by atoms with Crippen molar-refractivity contribution in [1.29, 1.82) is 0 Å². The van der Waals surface area contributed by atoms with Crippen LogP contribution in [0.25, 0.3) is 0 Å². The van der Waals surface area contributed by atoms with E-state index >= 15 is 0 Å². The molecule has 0 saturated carbocycles. The summed E-state index contributed by atoms with van der Waals surface area (Å²) >= 11 is 0. The van der Waals surface area contributed by atoms with Crippen LogP contribution in [-0.2, 0) is 33.3 Å². The number of aryl methyl sites for hydroxylation is 1. The highest BCUT2D eigenvalue weighted by molar-refractivity contribution is 7.86. The zero-order valence-corrected chi connectivity index (χ0v) is 24.5. The van der Waals surface area contributed by atoms with E-state index in [0.717, 1.165) is 50.5 Å². The molecule has 0 unspecified atom stereocenters. The summed E-state index contributed by atoms with van der Waals surface area (Å²) in [6.07, 6.45) is 13.9. The maximum Gasteiger partial charge on any atom is 0.305 e. The van der Waals surface area contributed by atoms with Gasteiger partial charge in [0.25, 0.3) is 10.1 Å². The van der Waals surface area contributed by atoms with E-state index in [1.165, 1.54) is 0 Å². The number of hydrogen-bond acceptors (Lipinski definition) is 7. The Kier molecular flexibility index (Phi) is 13.7. The summed E-state index contributed by atoms with van der Waals surface area (Å²) in [6.45, 7) is 9.85. The van der Waals surface area contributed by atoms with Crippen LogP contribution in [0.3, 0.4) is 0 Å². The van der Waals surface area contributed by atoms with E-state index in [4.69, 9.17) is 18.4 Å². The van der Waals surface area contributed by atoms with Gasteiger partial charge in [-0.3, -0.25) is 8.98 Å². The second-order valence-corrected chi connectivity index (χ2v) is 11.7. The predicted octanol–water partition coefficient (Wildman–Crippen LogP) is 6.80. The topological polar surface area (TPSA) is 88.1 Å². The highest BCUT2D eigenvalue weighted by Gasteiger charge is 2.45. The number of carbonyl (C=O) groups excluding carboxylic acids is 1. The lowest BCUT2D eigenvalue weighted by molar-refractivity contribution is -0.151. The van der Waals surface area contributed by atoms with Crippen molar-refractivity contribution in [2.45, 2.75) is 121 Å². The first-order chi connectivity index (χ1) is 18.1. The first kappa shape index (κ1) is 32.2. The molecule has 3 atom stereocenters. The van der Waals surface area contributed by atoms with E-state index in [1.54, 1.807) is 24.3 Å². The van der Waals surface area contributed by atoms with E-state index < -0.39 is 34.2 Å². The van der Waals surface area contributed by atoms with Crippen LogP contribution in [0, 0.1) is 6.92 Å². The summed E-state index contributed by atoms with van der Waals surface area (Å²) < 4.78 is 49.3. The number of hydrogen-bond donors (Lipinski definition) is 0. The maximum absolute atomic E-state index is 13.1. The van der Waals surface area contributed by atoms with Gasteiger partial charge in [-0.05, 0) is 71.9 Å². The lowest BCUT2D eigenvalue weighted by atomic mass is 10.0. The number of carbonyl (C=O) groups is 1. The molecule has 1 aromatic rings. The standard InChI is InChI=1S/C30H46O7S/c1-6-8-14-18-27(37-38(32,33)25-22-20-24(3)21-23-25)29-26(35-30(4,5)36-29)17-15-12-10-9-11-13-16-19-28(31)34-7-2/h8,14-15,17,20-23,26-27,29H,6-7,9-13,16,18-19H2,1-5H3/b14-8-,17-15-/t26-,27-,29+/m1/s1. The lowest BCUT2D eigenvalue weighted by Gasteiger charge is -2.25. The van der Waals surface area contributed by atoms with Crippen LogP contribution >= 0.6 is 0 Å². The Morgan fingerprint density at radius 2 is 1.68 bits per heavy atom. The number of benzene rings is 1. The quantitative estimate of drug-likeness (QED) is 0.0912. The van der Waals surface area contributed by atoms with E-state index in [9.17, 15) is 13.2 Å². The van der Waals surface area contributed by atoms with Crippen molar-refractivity contribution in [2.75, 3.05) is 6.61 Å². The van der Waals surface area contributed by atoms with Crippen LogP contribution < -0.4 is 0 Å². The van der Waals surface area contributed by atoms with Crippen molar-refractivity contribution in [3.8, 4) is 0 Å². The molecular formula is C30H46O7S. The largest absolute Gasteiger partial charge is 0.466 e. The maximum atomic E-state index is 13.1. The number of allylic oxidation sites excluding steroid dienone is 2. The molecular weight excluding hydrogens is 504 g/mol. The van der Waals surface area contributed by atoms with Gasteiger partial charge in [-0.1, -0.05) is 68.2 Å². The minimum absolute atomic E-state index is 0.120. The summed E-state index contributed by atoms with van der Waals surface area (Å²) in [5, 5.41) is 0. The average Bonchev–Trinajstić information content (AvgIpc) is 3.17. The first-order valence-corrected chi connectivity index (χ1v) is 15.3. The number of esters is 1. The minimum atomic E-state index is -3.98. The molecule has 2 rings (SSSR count). The summed E-state index contributed by atoms with van der Waals surface area (Å²) in [6, 6.07) is 6.64. The summed E-state index contributed by atoms with van der Waals surface area (Å²) in [7, 11) is -3.98. The van der Waals surface area contributed by atoms with Gasteiger partial charge in [0.1, 0.15) is 18.3 Å². The third-order valence-corrected chi connectivity index (χ3v) is 7.59. The van der Waals surface area contributed by atoms with Gasteiger partial charge in [-0.15, -0.1) is 0 Å². The van der Waals surface area contributed by atoms with Crippen molar-refractivity contribution >= 4 is 16.1 Å². The predicted molar refractivity (Wildman–Crippen MR) is 149 cm³/mol. The van der Waals surface area contributed by atoms with Crippen LogP contribution in [0.15, 0.2) is 53.5 Å². The van der Waals surface area contributed by atoms with Crippen molar-refractivity contribution in [2.24, 2.45) is 0 Å². The molecule has 0 radical (unpaired) electrons. The normalized spacial score (nSPS) is 20.3. The van der Waals surface area contributed by atoms with E-state index in [0.29, 0.717) is 19.4 Å². The Hall–Kier alpha value is -2.00. The van der Waals surface area contributed by atoms with Crippen LogP contribution in [0.1, 0.15) is 91.0 Å². The van der Waals surface area contributed by atoms with Gasteiger partial charge in [0.15, 0.2) is 5.79 Å². The van der Waals surface area contributed by atoms with Gasteiger partial charge in [-0.25, -0.2) is 0 Å². The van der Waals surface area contributed by atoms with Crippen LogP contribution in [0.4, 0.5) is 0 Å². The monoisotopic (exact) mass is 550 g/mol. The molecule has 0 bridgehead atoms. The van der Waals surface area contributed by atoms with Gasteiger partial charge in [0, 0.05) is 6.42 Å².